The summed E-state index contributed by atoms with van der Waals surface area (Å²) in [5.41, 5.74) is 2.33. The minimum absolute atomic E-state index is 0.218. The molecule has 0 radical (unpaired) electrons. The van der Waals surface area contributed by atoms with Gasteiger partial charge in [0.15, 0.2) is 0 Å². The van der Waals surface area contributed by atoms with Crippen LogP contribution in [0.25, 0.3) is 16.8 Å². The monoisotopic (exact) mass is 343 g/mol. The third-order valence-corrected chi connectivity index (χ3v) is 5.20. The van der Waals surface area contributed by atoms with Crippen LogP contribution in [0.3, 0.4) is 0 Å². The van der Waals surface area contributed by atoms with Crippen molar-refractivity contribution < 1.29 is 9.84 Å². The van der Waals surface area contributed by atoms with Crippen LogP contribution in [0, 0.1) is 5.41 Å². The lowest BCUT2D eigenvalue weighted by Crippen LogP contribution is -2.34. The molecule has 3 rings (SSSR count). The van der Waals surface area contributed by atoms with E-state index < -0.39 is 0 Å². The van der Waals surface area contributed by atoms with Gasteiger partial charge in [-0.3, -0.25) is 5.41 Å². The van der Waals surface area contributed by atoms with E-state index in [1.807, 2.05) is 34.5 Å². The van der Waals surface area contributed by atoms with Crippen molar-refractivity contribution in [2.75, 3.05) is 13.7 Å². The number of ether oxygens (including phenoxy) is 1. The molecule has 1 aliphatic heterocycles. The minimum Gasteiger partial charge on any atom is -0.510 e. The molecule has 2 N–H and O–H groups in total. The summed E-state index contributed by atoms with van der Waals surface area (Å²) in [6.45, 7) is 4.53. The van der Waals surface area contributed by atoms with Crippen LogP contribution in [0.1, 0.15) is 25.3 Å². The van der Waals surface area contributed by atoms with Crippen LogP contribution < -0.4 is 4.74 Å². The SMILES string of the molecule is CCC(C)N1CC(O)=C(c2nc(-c3cccc(OC)c3)cs2)C1=N. The fourth-order valence-corrected chi connectivity index (χ4v) is 3.62. The molecule has 1 aromatic heterocycles. The van der Waals surface area contributed by atoms with Crippen molar-refractivity contribution in [3.8, 4) is 17.0 Å². The molecule has 1 aliphatic rings. The Morgan fingerprint density at radius 3 is 2.96 bits per heavy atom. The highest BCUT2D eigenvalue weighted by molar-refractivity contribution is 7.11. The van der Waals surface area contributed by atoms with Crippen LogP contribution in [0.15, 0.2) is 35.4 Å². The van der Waals surface area contributed by atoms with Gasteiger partial charge in [0, 0.05) is 17.0 Å². The third kappa shape index (κ3) is 2.89. The molecule has 24 heavy (non-hydrogen) atoms. The van der Waals surface area contributed by atoms with Crippen LogP contribution in [-0.2, 0) is 0 Å². The zero-order valence-electron chi connectivity index (χ0n) is 14.0. The average Bonchev–Trinajstić information content (AvgIpc) is 3.18. The van der Waals surface area contributed by atoms with Crippen LogP contribution in [0.2, 0.25) is 0 Å². The lowest BCUT2D eigenvalue weighted by atomic mass is 10.1. The van der Waals surface area contributed by atoms with Crippen molar-refractivity contribution in [1.82, 2.24) is 9.88 Å². The van der Waals surface area contributed by atoms with Gasteiger partial charge < -0.3 is 14.7 Å². The predicted molar refractivity (Wildman–Crippen MR) is 97.8 cm³/mol. The van der Waals surface area contributed by atoms with Gasteiger partial charge in [-0.25, -0.2) is 4.98 Å². The standard InChI is InChI=1S/C18H21N3O2S/c1-4-11(2)21-9-15(22)16(17(21)19)18-20-14(10-24-18)12-6-5-7-13(8-12)23-3/h5-8,10-11,19,22H,4,9H2,1-3H3. The van der Waals surface area contributed by atoms with Crippen molar-refractivity contribution in [3.63, 3.8) is 0 Å². The Bertz CT molecular complexity index is 797. The second kappa shape index (κ2) is 6.65. The van der Waals surface area contributed by atoms with E-state index in [0.717, 1.165) is 23.4 Å². The lowest BCUT2D eigenvalue weighted by molar-refractivity contribution is 0.301. The van der Waals surface area contributed by atoms with E-state index in [1.165, 1.54) is 11.3 Å². The van der Waals surface area contributed by atoms with Gasteiger partial charge in [0.05, 0.1) is 24.9 Å². The number of aliphatic hydroxyl groups excluding tert-OH is 1. The molecule has 126 valence electrons. The Labute approximate surface area is 145 Å². The van der Waals surface area contributed by atoms with Crippen LogP contribution in [0.4, 0.5) is 0 Å². The molecule has 1 atom stereocenters. The number of nitrogens with zero attached hydrogens (tertiary/aromatic N) is 2. The topological polar surface area (TPSA) is 69.4 Å². The predicted octanol–water partition coefficient (Wildman–Crippen LogP) is 4.18. The van der Waals surface area contributed by atoms with Gasteiger partial charge in [-0.05, 0) is 25.5 Å². The number of hydrogen-bond donors (Lipinski definition) is 2. The summed E-state index contributed by atoms with van der Waals surface area (Å²) < 4.78 is 5.26. The quantitative estimate of drug-likeness (QED) is 0.854. The third-order valence-electron chi connectivity index (χ3n) is 4.34. The number of aromatic nitrogens is 1. The van der Waals surface area contributed by atoms with Crippen molar-refractivity contribution in [2.45, 2.75) is 26.3 Å². The van der Waals surface area contributed by atoms with Gasteiger partial charge in [0.25, 0.3) is 0 Å². The fraction of sp³-hybridized carbons (Fsp3) is 0.333. The molecular weight excluding hydrogens is 322 g/mol. The first-order valence-corrected chi connectivity index (χ1v) is 8.81. The molecular formula is C18H21N3O2S. The van der Waals surface area contributed by atoms with E-state index in [9.17, 15) is 5.11 Å². The molecule has 1 unspecified atom stereocenters. The largest absolute Gasteiger partial charge is 0.510 e. The normalized spacial score (nSPS) is 16.0. The lowest BCUT2D eigenvalue weighted by Gasteiger charge is -2.25. The second-order valence-corrected chi connectivity index (χ2v) is 6.68. The zero-order chi connectivity index (χ0) is 17.3. The first kappa shape index (κ1) is 16.5. The first-order valence-electron chi connectivity index (χ1n) is 7.93. The van der Waals surface area contributed by atoms with E-state index in [1.54, 1.807) is 7.11 Å². The van der Waals surface area contributed by atoms with Gasteiger partial charge in [0.1, 0.15) is 22.4 Å². The molecule has 0 saturated heterocycles. The smallest absolute Gasteiger partial charge is 0.135 e. The molecule has 6 heteroatoms. The molecule has 0 fully saturated rings. The molecule has 0 bridgehead atoms. The Balaban J connectivity index is 1.90. The number of benzene rings is 1. The maximum atomic E-state index is 10.3. The number of nitrogens with one attached hydrogen (secondary N) is 1. The highest BCUT2D eigenvalue weighted by Gasteiger charge is 2.32. The summed E-state index contributed by atoms with van der Waals surface area (Å²) in [4.78, 5) is 6.55. The summed E-state index contributed by atoms with van der Waals surface area (Å²) in [5, 5.41) is 21.4. The molecule has 2 heterocycles. The number of aliphatic hydroxyl groups is 1. The maximum Gasteiger partial charge on any atom is 0.135 e. The van der Waals surface area contributed by atoms with Crippen LogP contribution in [-0.4, -0.2) is 40.5 Å². The number of thiazole rings is 1. The number of amidine groups is 1. The maximum absolute atomic E-state index is 10.3. The van der Waals surface area contributed by atoms with Gasteiger partial charge in [-0.2, -0.15) is 0 Å². The van der Waals surface area contributed by atoms with Gasteiger partial charge >= 0.3 is 0 Å². The van der Waals surface area contributed by atoms with E-state index in [0.29, 0.717) is 23.0 Å². The van der Waals surface area contributed by atoms with E-state index in [2.05, 4.69) is 18.8 Å². The Morgan fingerprint density at radius 2 is 2.25 bits per heavy atom. The molecule has 0 amide bonds. The van der Waals surface area contributed by atoms with Crippen molar-refractivity contribution in [1.29, 1.82) is 5.41 Å². The van der Waals surface area contributed by atoms with Crippen molar-refractivity contribution >= 4 is 22.7 Å². The summed E-state index contributed by atoms with van der Waals surface area (Å²) in [6, 6.07) is 7.93. The zero-order valence-corrected chi connectivity index (χ0v) is 14.9. The molecule has 2 aromatic rings. The van der Waals surface area contributed by atoms with Gasteiger partial charge in [0.2, 0.25) is 0 Å². The van der Waals surface area contributed by atoms with Crippen molar-refractivity contribution in [3.05, 3.63) is 40.4 Å². The fourth-order valence-electron chi connectivity index (χ4n) is 2.72. The molecule has 0 aliphatic carbocycles. The average molecular weight is 343 g/mol. The van der Waals surface area contributed by atoms with E-state index >= 15 is 0 Å². The summed E-state index contributed by atoms with van der Waals surface area (Å²) in [5.74, 6) is 1.36. The first-order chi connectivity index (χ1) is 11.5. The van der Waals surface area contributed by atoms with Crippen molar-refractivity contribution in [2.24, 2.45) is 0 Å². The number of hydrogen-bond acceptors (Lipinski definition) is 5. The molecule has 0 spiro atoms. The van der Waals surface area contributed by atoms with Crippen LogP contribution in [0.5, 0.6) is 5.75 Å². The summed E-state index contributed by atoms with van der Waals surface area (Å²) >= 11 is 1.45. The Hall–Kier alpha value is -2.34. The van der Waals surface area contributed by atoms with Crippen LogP contribution >= 0.6 is 11.3 Å². The Morgan fingerprint density at radius 1 is 1.46 bits per heavy atom. The summed E-state index contributed by atoms with van der Waals surface area (Å²) in [7, 11) is 1.64. The highest BCUT2D eigenvalue weighted by Crippen LogP contribution is 2.33. The van der Waals surface area contributed by atoms with Gasteiger partial charge in [-0.1, -0.05) is 19.1 Å². The van der Waals surface area contributed by atoms with Gasteiger partial charge in [-0.15, -0.1) is 11.3 Å². The molecule has 5 nitrogen and oxygen atoms in total. The molecule has 0 saturated carbocycles. The Kier molecular flexibility index (Phi) is 4.57. The number of rotatable bonds is 5. The minimum atomic E-state index is 0.218. The molecule has 1 aromatic carbocycles. The number of methoxy groups -OCH3 is 1. The highest BCUT2D eigenvalue weighted by atomic mass is 32.1. The second-order valence-electron chi connectivity index (χ2n) is 5.83. The summed E-state index contributed by atoms with van der Waals surface area (Å²) in [6.07, 6.45) is 0.926. The van der Waals surface area contributed by atoms with E-state index in [-0.39, 0.29) is 11.8 Å². The van der Waals surface area contributed by atoms with E-state index in [4.69, 9.17) is 10.1 Å².